The third-order valence-electron chi connectivity index (χ3n) is 2.27. The summed E-state index contributed by atoms with van der Waals surface area (Å²) in [5.74, 6) is 0. The van der Waals surface area contributed by atoms with Crippen molar-refractivity contribution < 1.29 is 0 Å². The Morgan fingerprint density at radius 3 is 1.36 bits per heavy atom. The van der Waals surface area contributed by atoms with E-state index < -0.39 is 0 Å². The molecule has 1 heteroatoms. The summed E-state index contributed by atoms with van der Waals surface area (Å²) < 4.78 is 0.574. The molecule has 0 spiro atoms. The molecule has 0 saturated carbocycles. The van der Waals surface area contributed by atoms with Crippen molar-refractivity contribution in [2.75, 3.05) is 0 Å². The van der Waals surface area contributed by atoms with Crippen molar-refractivity contribution in [3.05, 3.63) is 71.8 Å². The summed E-state index contributed by atoms with van der Waals surface area (Å²) >= 11 is 1.54. The van der Waals surface area contributed by atoms with Gasteiger partial charge in [-0.3, -0.25) is 0 Å². The van der Waals surface area contributed by atoms with E-state index in [1.165, 1.54) is 11.1 Å². The molecular formula is C13H11Sn. The molecule has 0 unspecified atom stereocenters. The van der Waals surface area contributed by atoms with Gasteiger partial charge in [0.25, 0.3) is 0 Å². The predicted octanol–water partition coefficient (Wildman–Crippen LogP) is 2.94. The molecule has 2 aromatic carbocycles. The number of hydrogen-bond donors (Lipinski definition) is 0. The average molecular weight is 286 g/mol. The van der Waals surface area contributed by atoms with Gasteiger partial charge in [-0.2, -0.15) is 0 Å². The van der Waals surface area contributed by atoms with Crippen molar-refractivity contribution in [2.24, 2.45) is 0 Å². The van der Waals surface area contributed by atoms with Crippen LogP contribution in [0.15, 0.2) is 60.7 Å². The molecule has 0 bridgehead atoms. The van der Waals surface area contributed by atoms with Gasteiger partial charge in [-0.1, -0.05) is 0 Å². The molecule has 0 aromatic heterocycles. The van der Waals surface area contributed by atoms with Crippen molar-refractivity contribution in [1.82, 2.24) is 0 Å². The van der Waals surface area contributed by atoms with E-state index in [9.17, 15) is 0 Å². The summed E-state index contributed by atoms with van der Waals surface area (Å²) in [6.07, 6.45) is 0. The zero-order valence-corrected chi connectivity index (χ0v) is 10.7. The van der Waals surface area contributed by atoms with E-state index in [1.54, 1.807) is 22.5 Å². The average Bonchev–Trinajstić information content (AvgIpc) is 2.30. The van der Waals surface area contributed by atoms with Crippen LogP contribution in [0.1, 0.15) is 15.1 Å². The van der Waals surface area contributed by atoms with Crippen LogP contribution in [-0.2, 0) is 0 Å². The van der Waals surface area contributed by atoms with Crippen LogP contribution >= 0.6 is 0 Å². The molecule has 3 radical (unpaired) electrons. The van der Waals surface area contributed by atoms with E-state index in [4.69, 9.17) is 0 Å². The SMILES string of the molecule is [Sn][CH](c1ccccc1)c1ccccc1. The number of rotatable bonds is 2. The van der Waals surface area contributed by atoms with Crippen molar-refractivity contribution in [3.63, 3.8) is 0 Å². The Kier molecular flexibility index (Phi) is 3.25. The van der Waals surface area contributed by atoms with E-state index in [0.29, 0.717) is 3.93 Å². The molecule has 0 aliphatic carbocycles. The monoisotopic (exact) mass is 287 g/mol. The summed E-state index contributed by atoms with van der Waals surface area (Å²) in [5, 5.41) is 0. The Hall–Kier alpha value is -0.761. The van der Waals surface area contributed by atoms with Crippen molar-refractivity contribution >= 4 is 22.5 Å². The zero-order valence-electron chi connectivity index (χ0n) is 7.85. The van der Waals surface area contributed by atoms with Gasteiger partial charge >= 0.3 is 98.2 Å². The third kappa shape index (κ3) is 2.18. The summed E-state index contributed by atoms with van der Waals surface area (Å²) in [7, 11) is 0. The second kappa shape index (κ2) is 4.65. The standard InChI is InChI=1S/C13H11.Sn/c1-3-7-12(8-4-1)11-13-9-5-2-6-10-13;/h1-11H;. The van der Waals surface area contributed by atoms with Gasteiger partial charge < -0.3 is 0 Å². The quantitative estimate of drug-likeness (QED) is 0.745. The van der Waals surface area contributed by atoms with E-state index >= 15 is 0 Å². The van der Waals surface area contributed by atoms with Crippen LogP contribution in [-0.4, -0.2) is 22.5 Å². The minimum atomic E-state index is 0.574. The molecule has 67 valence electrons. The first-order chi connectivity index (χ1) is 6.88. The Labute approximate surface area is 98.1 Å². The summed E-state index contributed by atoms with van der Waals surface area (Å²) in [6.45, 7) is 0. The van der Waals surface area contributed by atoms with Gasteiger partial charge in [0.1, 0.15) is 0 Å². The van der Waals surface area contributed by atoms with E-state index in [-0.39, 0.29) is 0 Å². The van der Waals surface area contributed by atoms with Crippen LogP contribution in [0, 0.1) is 0 Å². The Balaban J connectivity index is 2.30. The molecule has 0 amide bonds. The first-order valence-corrected chi connectivity index (χ1v) is 6.34. The number of hydrogen-bond acceptors (Lipinski definition) is 0. The Morgan fingerprint density at radius 1 is 0.643 bits per heavy atom. The van der Waals surface area contributed by atoms with Crippen LogP contribution in [0.25, 0.3) is 0 Å². The van der Waals surface area contributed by atoms with Crippen LogP contribution in [0.5, 0.6) is 0 Å². The molecule has 2 rings (SSSR count). The molecule has 0 N–H and O–H groups in total. The topological polar surface area (TPSA) is 0 Å². The second-order valence-electron chi connectivity index (χ2n) is 3.25. The van der Waals surface area contributed by atoms with Crippen molar-refractivity contribution in [3.8, 4) is 0 Å². The fourth-order valence-electron chi connectivity index (χ4n) is 1.48. The van der Waals surface area contributed by atoms with Crippen molar-refractivity contribution in [2.45, 2.75) is 3.93 Å². The fraction of sp³-hybridized carbons (Fsp3) is 0.0769. The first kappa shape index (κ1) is 9.78. The van der Waals surface area contributed by atoms with Gasteiger partial charge in [0.2, 0.25) is 0 Å². The molecule has 2 aromatic rings. The van der Waals surface area contributed by atoms with E-state index in [0.717, 1.165) is 0 Å². The van der Waals surface area contributed by atoms with E-state index in [2.05, 4.69) is 60.7 Å². The van der Waals surface area contributed by atoms with Crippen LogP contribution in [0.3, 0.4) is 0 Å². The van der Waals surface area contributed by atoms with Crippen molar-refractivity contribution in [1.29, 1.82) is 0 Å². The normalized spacial score (nSPS) is 10.4. The van der Waals surface area contributed by atoms with Gasteiger partial charge in [-0.05, 0) is 0 Å². The fourth-order valence-corrected chi connectivity index (χ4v) is 2.58. The molecule has 0 saturated heterocycles. The molecule has 0 nitrogen and oxygen atoms in total. The third-order valence-corrected chi connectivity index (χ3v) is 4.17. The molecule has 0 aliphatic rings. The molecule has 14 heavy (non-hydrogen) atoms. The summed E-state index contributed by atoms with van der Waals surface area (Å²) in [4.78, 5) is 0. The van der Waals surface area contributed by atoms with E-state index in [1.807, 2.05) is 0 Å². The predicted molar refractivity (Wildman–Crippen MR) is 60.5 cm³/mol. The van der Waals surface area contributed by atoms with Crippen LogP contribution in [0.4, 0.5) is 0 Å². The molecule has 0 aliphatic heterocycles. The van der Waals surface area contributed by atoms with Crippen LogP contribution < -0.4 is 0 Å². The second-order valence-corrected chi connectivity index (χ2v) is 4.90. The van der Waals surface area contributed by atoms with Gasteiger partial charge in [-0.15, -0.1) is 0 Å². The molecule has 0 fully saturated rings. The zero-order chi connectivity index (χ0) is 9.80. The summed E-state index contributed by atoms with van der Waals surface area (Å²) in [5.41, 5.74) is 2.83. The maximum absolute atomic E-state index is 2.20. The number of benzene rings is 2. The Bertz CT molecular complexity index is 341. The summed E-state index contributed by atoms with van der Waals surface area (Å²) in [6, 6.07) is 21.4. The molecule has 0 atom stereocenters. The van der Waals surface area contributed by atoms with Gasteiger partial charge in [0.15, 0.2) is 0 Å². The Morgan fingerprint density at radius 2 is 1.00 bits per heavy atom. The maximum atomic E-state index is 2.20. The van der Waals surface area contributed by atoms with Crippen LogP contribution in [0.2, 0.25) is 0 Å². The van der Waals surface area contributed by atoms with Gasteiger partial charge in [0, 0.05) is 0 Å². The van der Waals surface area contributed by atoms with Gasteiger partial charge in [0.05, 0.1) is 0 Å². The first-order valence-electron chi connectivity index (χ1n) is 4.69. The van der Waals surface area contributed by atoms with Gasteiger partial charge in [-0.25, -0.2) is 0 Å². The minimum absolute atomic E-state index is 0.574. The molecule has 0 heterocycles. The molecular weight excluding hydrogens is 275 g/mol.